The maximum Gasteiger partial charge on any atom is 0.224 e. The van der Waals surface area contributed by atoms with Gasteiger partial charge in [-0.15, -0.1) is 11.3 Å². The van der Waals surface area contributed by atoms with Gasteiger partial charge >= 0.3 is 0 Å². The average Bonchev–Trinajstić information content (AvgIpc) is 2.83. The number of fused-ring (bicyclic) bond motifs is 1. The molecule has 1 aromatic heterocycles. The number of anilines is 1. The first-order chi connectivity index (χ1) is 8.72. The first kappa shape index (κ1) is 13.0. The summed E-state index contributed by atoms with van der Waals surface area (Å²) < 4.78 is 1.08. The molecule has 0 aliphatic rings. The monoisotopic (exact) mass is 263 g/mol. The molecular formula is C13H17N3OS. The largest absolute Gasteiger partial charge is 0.330 e. The second kappa shape index (κ2) is 5.93. The van der Waals surface area contributed by atoms with Crippen LogP contribution in [0.3, 0.4) is 0 Å². The van der Waals surface area contributed by atoms with Crippen molar-refractivity contribution >= 4 is 33.1 Å². The van der Waals surface area contributed by atoms with Gasteiger partial charge in [-0.25, -0.2) is 4.98 Å². The van der Waals surface area contributed by atoms with E-state index in [0.29, 0.717) is 13.0 Å². The number of nitrogens with one attached hydrogen (secondary N) is 1. The van der Waals surface area contributed by atoms with Gasteiger partial charge in [-0.2, -0.15) is 0 Å². The number of aromatic nitrogens is 1. The van der Waals surface area contributed by atoms with E-state index in [2.05, 4.69) is 10.3 Å². The molecule has 3 N–H and O–H groups in total. The highest BCUT2D eigenvalue weighted by Gasteiger charge is 2.10. The summed E-state index contributed by atoms with van der Waals surface area (Å²) in [7, 11) is 0. The van der Waals surface area contributed by atoms with Crippen molar-refractivity contribution < 1.29 is 4.79 Å². The van der Waals surface area contributed by atoms with Crippen LogP contribution in [0.5, 0.6) is 0 Å². The molecule has 0 saturated heterocycles. The van der Waals surface area contributed by atoms with Gasteiger partial charge in [-0.1, -0.05) is 13.3 Å². The SMILES string of the molecule is CCC(CN)CC(=O)Nc1ccc2ncsc2c1. The highest BCUT2D eigenvalue weighted by atomic mass is 32.1. The van der Waals surface area contributed by atoms with Gasteiger partial charge in [0.2, 0.25) is 5.91 Å². The van der Waals surface area contributed by atoms with Crippen molar-refractivity contribution in [3.05, 3.63) is 23.7 Å². The lowest BCUT2D eigenvalue weighted by molar-refractivity contribution is -0.117. The Kier molecular flexibility index (Phi) is 4.28. The van der Waals surface area contributed by atoms with Crippen LogP contribution in [0.4, 0.5) is 5.69 Å². The Hall–Kier alpha value is -1.46. The lowest BCUT2D eigenvalue weighted by Gasteiger charge is -2.11. The summed E-state index contributed by atoms with van der Waals surface area (Å²) in [6.45, 7) is 2.60. The van der Waals surface area contributed by atoms with Gasteiger partial charge < -0.3 is 11.1 Å². The van der Waals surface area contributed by atoms with E-state index < -0.39 is 0 Å². The molecule has 4 nitrogen and oxygen atoms in total. The summed E-state index contributed by atoms with van der Waals surface area (Å²) in [5, 5.41) is 2.91. The number of rotatable bonds is 5. The normalized spacial score (nSPS) is 12.6. The second-order valence-corrected chi connectivity index (χ2v) is 5.18. The third-order valence-corrected chi connectivity index (χ3v) is 3.79. The summed E-state index contributed by atoms with van der Waals surface area (Å²) >= 11 is 1.57. The predicted molar refractivity (Wildman–Crippen MR) is 75.7 cm³/mol. The molecule has 5 heteroatoms. The summed E-state index contributed by atoms with van der Waals surface area (Å²) in [4.78, 5) is 16.0. The van der Waals surface area contributed by atoms with Gasteiger partial charge in [0, 0.05) is 12.1 Å². The van der Waals surface area contributed by atoms with E-state index in [1.165, 1.54) is 0 Å². The minimum Gasteiger partial charge on any atom is -0.330 e. The Bertz CT molecular complexity index is 534. The Morgan fingerprint density at radius 3 is 3.11 bits per heavy atom. The number of hydrogen-bond donors (Lipinski definition) is 2. The number of amides is 1. The molecule has 0 radical (unpaired) electrons. The first-order valence-electron chi connectivity index (χ1n) is 6.06. The molecule has 2 aromatic rings. The zero-order valence-electron chi connectivity index (χ0n) is 10.3. The fraction of sp³-hybridized carbons (Fsp3) is 0.385. The standard InChI is InChI=1S/C13H17N3OS/c1-2-9(7-14)5-13(17)16-10-3-4-11-12(6-10)18-8-15-11/h3-4,6,8-9H,2,5,7,14H2,1H3,(H,16,17). The minimum absolute atomic E-state index is 0.0242. The van der Waals surface area contributed by atoms with E-state index in [1.54, 1.807) is 16.8 Å². The average molecular weight is 263 g/mol. The first-order valence-corrected chi connectivity index (χ1v) is 6.94. The predicted octanol–water partition coefficient (Wildman–Crippen LogP) is 2.61. The lowest BCUT2D eigenvalue weighted by Crippen LogP contribution is -2.21. The molecular weight excluding hydrogens is 246 g/mol. The molecule has 18 heavy (non-hydrogen) atoms. The van der Waals surface area contributed by atoms with Crippen molar-refractivity contribution in [1.29, 1.82) is 0 Å². The molecule has 1 unspecified atom stereocenters. The van der Waals surface area contributed by atoms with E-state index in [1.807, 2.05) is 25.1 Å². The Balaban J connectivity index is 2.01. The second-order valence-electron chi connectivity index (χ2n) is 4.30. The molecule has 0 spiro atoms. The third kappa shape index (κ3) is 3.05. The molecule has 2 rings (SSSR count). The van der Waals surface area contributed by atoms with Gasteiger partial charge in [-0.05, 0) is 30.7 Å². The molecule has 0 saturated carbocycles. The van der Waals surface area contributed by atoms with Gasteiger partial charge in [-0.3, -0.25) is 4.79 Å². The molecule has 0 bridgehead atoms. The van der Waals surface area contributed by atoms with Crippen LogP contribution in [-0.2, 0) is 4.79 Å². The number of hydrogen-bond acceptors (Lipinski definition) is 4. The smallest absolute Gasteiger partial charge is 0.224 e. The van der Waals surface area contributed by atoms with Crippen molar-refractivity contribution in [2.24, 2.45) is 11.7 Å². The molecule has 0 aliphatic carbocycles. The van der Waals surface area contributed by atoms with Crippen LogP contribution in [0.25, 0.3) is 10.2 Å². The van der Waals surface area contributed by atoms with Crippen molar-refractivity contribution in [1.82, 2.24) is 4.98 Å². The quantitative estimate of drug-likeness (QED) is 0.871. The van der Waals surface area contributed by atoms with Crippen LogP contribution in [0.15, 0.2) is 23.7 Å². The van der Waals surface area contributed by atoms with Crippen LogP contribution in [-0.4, -0.2) is 17.4 Å². The number of carbonyl (C=O) groups is 1. The van der Waals surface area contributed by atoms with Gasteiger partial charge in [0.1, 0.15) is 0 Å². The molecule has 1 atom stereocenters. The fourth-order valence-corrected chi connectivity index (χ4v) is 2.52. The summed E-state index contributed by atoms with van der Waals surface area (Å²) in [5.74, 6) is 0.285. The van der Waals surface area contributed by atoms with E-state index in [0.717, 1.165) is 22.3 Å². The highest BCUT2D eigenvalue weighted by molar-refractivity contribution is 7.16. The molecule has 0 fully saturated rings. The van der Waals surface area contributed by atoms with E-state index in [4.69, 9.17) is 5.73 Å². The van der Waals surface area contributed by atoms with E-state index in [-0.39, 0.29) is 11.8 Å². The molecule has 1 amide bonds. The highest BCUT2D eigenvalue weighted by Crippen LogP contribution is 2.22. The molecule has 0 aliphatic heterocycles. The number of benzene rings is 1. The van der Waals surface area contributed by atoms with E-state index >= 15 is 0 Å². The van der Waals surface area contributed by atoms with Crippen LogP contribution in [0.1, 0.15) is 19.8 Å². The lowest BCUT2D eigenvalue weighted by atomic mass is 10.0. The summed E-state index contributed by atoms with van der Waals surface area (Å²) in [6, 6.07) is 5.75. The third-order valence-electron chi connectivity index (χ3n) is 3.00. The van der Waals surface area contributed by atoms with Crippen molar-refractivity contribution in [2.45, 2.75) is 19.8 Å². The van der Waals surface area contributed by atoms with Crippen molar-refractivity contribution in [3.8, 4) is 0 Å². The van der Waals surface area contributed by atoms with Gasteiger partial charge in [0.05, 0.1) is 15.7 Å². The number of thiazole rings is 1. The Labute approximate surface area is 110 Å². The van der Waals surface area contributed by atoms with Gasteiger partial charge in [0.15, 0.2) is 0 Å². The summed E-state index contributed by atoms with van der Waals surface area (Å²) in [6.07, 6.45) is 1.41. The Morgan fingerprint density at radius 1 is 1.56 bits per heavy atom. The molecule has 1 heterocycles. The van der Waals surface area contributed by atoms with Crippen LogP contribution >= 0.6 is 11.3 Å². The number of nitrogens with two attached hydrogens (primary N) is 1. The Morgan fingerprint density at radius 2 is 2.39 bits per heavy atom. The van der Waals surface area contributed by atoms with Gasteiger partial charge in [0.25, 0.3) is 0 Å². The molecule has 96 valence electrons. The van der Waals surface area contributed by atoms with Crippen molar-refractivity contribution in [3.63, 3.8) is 0 Å². The van der Waals surface area contributed by atoms with Crippen molar-refractivity contribution in [2.75, 3.05) is 11.9 Å². The zero-order chi connectivity index (χ0) is 13.0. The van der Waals surface area contributed by atoms with Crippen LogP contribution in [0, 0.1) is 5.92 Å². The number of carbonyl (C=O) groups excluding carboxylic acids is 1. The topological polar surface area (TPSA) is 68.0 Å². The zero-order valence-corrected chi connectivity index (χ0v) is 11.2. The van der Waals surface area contributed by atoms with Crippen LogP contribution in [0.2, 0.25) is 0 Å². The summed E-state index contributed by atoms with van der Waals surface area (Å²) in [5.41, 5.74) is 9.19. The minimum atomic E-state index is 0.0242. The number of nitrogens with zero attached hydrogens (tertiary/aromatic N) is 1. The maximum atomic E-state index is 11.8. The fourth-order valence-electron chi connectivity index (χ4n) is 1.80. The molecule has 1 aromatic carbocycles. The maximum absolute atomic E-state index is 11.8. The van der Waals surface area contributed by atoms with Crippen LogP contribution < -0.4 is 11.1 Å². The van der Waals surface area contributed by atoms with E-state index in [9.17, 15) is 4.79 Å².